The van der Waals surface area contributed by atoms with Crippen LogP contribution in [0.25, 0.3) is 0 Å². The Balaban J connectivity index is 2.31. The summed E-state index contributed by atoms with van der Waals surface area (Å²) in [5, 5.41) is 13.2. The molecule has 0 saturated heterocycles. The number of nitrogens with two attached hydrogens (primary N) is 1. The third-order valence-corrected chi connectivity index (χ3v) is 5.04. The molecule has 1 unspecified atom stereocenters. The van der Waals surface area contributed by atoms with Gasteiger partial charge in [0.2, 0.25) is 5.95 Å². The molecule has 0 aromatic carbocycles. The van der Waals surface area contributed by atoms with E-state index < -0.39 is 0 Å². The molecule has 0 amide bonds. The van der Waals surface area contributed by atoms with Gasteiger partial charge in [0, 0.05) is 12.0 Å². The van der Waals surface area contributed by atoms with Crippen LogP contribution >= 0.6 is 0 Å². The van der Waals surface area contributed by atoms with E-state index in [1.807, 2.05) is 26.0 Å². The van der Waals surface area contributed by atoms with Gasteiger partial charge >= 0.3 is 0 Å². The Bertz CT molecular complexity index is 803. The zero-order valence-electron chi connectivity index (χ0n) is 16.6. The molecule has 0 fully saturated rings. The van der Waals surface area contributed by atoms with E-state index >= 15 is 0 Å². The average Bonchev–Trinajstić information content (AvgIpc) is 2.67. The summed E-state index contributed by atoms with van der Waals surface area (Å²) in [6.45, 7) is 9.95. The molecule has 1 aliphatic rings. The minimum absolute atomic E-state index is 0.192. The van der Waals surface area contributed by atoms with Gasteiger partial charge in [0.25, 0.3) is 0 Å². The molecule has 0 saturated carbocycles. The molecule has 2 rings (SSSR count). The third kappa shape index (κ3) is 4.94. The summed E-state index contributed by atoms with van der Waals surface area (Å²) in [4.78, 5) is 8.92. The molecule has 1 heterocycles. The molecule has 27 heavy (non-hydrogen) atoms. The van der Waals surface area contributed by atoms with Gasteiger partial charge in [-0.15, -0.1) is 0 Å². The summed E-state index contributed by atoms with van der Waals surface area (Å²) in [7, 11) is 0. The Hall–Kier alpha value is -2.69. The summed E-state index contributed by atoms with van der Waals surface area (Å²) in [5.41, 5.74) is 11.7. The second-order valence-corrected chi connectivity index (χ2v) is 6.71. The first-order chi connectivity index (χ1) is 13.1. The van der Waals surface area contributed by atoms with Crippen LogP contribution < -0.4 is 5.73 Å². The first kappa shape index (κ1) is 20.6. The number of aryl methyl sites for hydroxylation is 1. The lowest BCUT2D eigenvalue weighted by Gasteiger charge is -2.27. The van der Waals surface area contributed by atoms with Gasteiger partial charge in [-0.3, -0.25) is 0 Å². The number of allylic oxidation sites excluding steroid dienone is 7. The van der Waals surface area contributed by atoms with Crippen molar-refractivity contribution in [3.63, 3.8) is 0 Å². The van der Waals surface area contributed by atoms with Crippen molar-refractivity contribution in [2.75, 3.05) is 5.73 Å². The fourth-order valence-electron chi connectivity index (χ4n) is 3.73. The Kier molecular flexibility index (Phi) is 7.53. The van der Waals surface area contributed by atoms with Crippen LogP contribution in [0.4, 0.5) is 5.95 Å². The maximum absolute atomic E-state index is 9.64. The highest BCUT2D eigenvalue weighted by Gasteiger charge is 2.29. The molecule has 0 aliphatic heterocycles. The first-order valence-corrected chi connectivity index (χ1v) is 9.50. The topological polar surface area (TPSA) is 84.4 Å². The number of rotatable bonds is 7. The summed E-state index contributed by atoms with van der Waals surface area (Å²) in [6.07, 6.45) is 14.3. The van der Waals surface area contributed by atoms with E-state index in [0.717, 1.165) is 48.2 Å². The number of nitrogen functional groups attached to an aromatic ring is 1. The zero-order valence-corrected chi connectivity index (χ0v) is 16.6. The molecule has 1 atom stereocenters. The molecule has 1 aromatic rings. The number of anilines is 1. The number of hydrogen-bond donors (Lipinski definition) is 2. The molecule has 144 valence electrons. The van der Waals surface area contributed by atoms with Crippen molar-refractivity contribution >= 4 is 11.7 Å². The van der Waals surface area contributed by atoms with Gasteiger partial charge in [0.15, 0.2) is 0 Å². The molecule has 0 spiro atoms. The monoisotopic (exact) mass is 366 g/mol. The van der Waals surface area contributed by atoms with Crippen molar-refractivity contribution < 1.29 is 5.21 Å². The SMILES string of the molecule is C=C/C(=C\C)C1C/C(=N\O)c2c(CCCC(/C=C\C)=C/C)nc(N)nc2C1. The fraction of sp³-hybridized carbons (Fsp3) is 0.409. The third-order valence-electron chi connectivity index (χ3n) is 5.04. The van der Waals surface area contributed by atoms with E-state index in [-0.39, 0.29) is 11.9 Å². The van der Waals surface area contributed by atoms with E-state index in [2.05, 4.69) is 46.9 Å². The lowest BCUT2D eigenvalue weighted by atomic mass is 9.80. The summed E-state index contributed by atoms with van der Waals surface area (Å²) >= 11 is 0. The lowest BCUT2D eigenvalue weighted by molar-refractivity contribution is 0.316. The van der Waals surface area contributed by atoms with Crippen LogP contribution in [-0.4, -0.2) is 20.9 Å². The molecule has 3 N–H and O–H groups in total. The highest BCUT2D eigenvalue weighted by atomic mass is 16.4. The van der Waals surface area contributed by atoms with E-state index in [9.17, 15) is 5.21 Å². The minimum Gasteiger partial charge on any atom is -0.411 e. The van der Waals surface area contributed by atoms with E-state index in [0.29, 0.717) is 12.1 Å². The van der Waals surface area contributed by atoms with E-state index in [1.54, 1.807) is 0 Å². The lowest BCUT2D eigenvalue weighted by Crippen LogP contribution is -2.26. The van der Waals surface area contributed by atoms with Crippen LogP contribution in [0.5, 0.6) is 0 Å². The molecule has 0 bridgehead atoms. The van der Waals surface area contributed by atoms with Crippen LogP contribution in [-0.2, 0) is 12.8 Å². The molecular weight excluding hydrogens is 336 g/mol. The van der Waals surface area contributed by atoms with Crippen molar-refractivity contribution in [3.8, 4) is 0 Å². The second kappa shape index (κ2) is 9.86. The fourth-order valence-corrected chi connectivity index (χ4v) is 3.73. The predicted molar refractivity (Wildman–Crippen MR) is 112 cm³/mol. The standard InChI is InChI=1S/C22H30N4O/c1-5-10-15(6-2)11-9-12-18-21-19(25-22(23)24-18)13-17(14-20(21)26-27)16(7-3)8-4/h5-8,10,17,27H,3,9,11-14H2,1-2,4H3,(H2,23,24,25)/b10-5-,15-6+,16-8+,26-20+. The average molecular weight is 367 g/mol. The van der Waals surface area contributed by atoms with Gasteiger partial charge in [0.1, 0.15) is 0 Å². The van der Waals surface area contributed by atoms with E-state index in [4.69, 9.17) is 5.73 Å². The van der Waals surface area contributed by atoms with Gasteiger partial charge in [-0.2, -0.15) is 0 Å². The molecule has 1 aliphatic carbocycles. The zero-order chi connectivity index (χ0) is 19.8. The second-order valence-electron chi connectivity index (χ2n) is 6.71. The van der Waals surface area contributed by atoms with E-state index in [1.165, 1.54) is 5.57 Å². The maximum atomic E-state index is 9.64. The molecule has 5 heteroatoms. The highest BCUT2D eigenvalue weighted by molar-refractivity contribution is 6.03. The largest absolute Gasteiger partial charge is 0.411 e. The van der Waals surface area contributed by atoms with Gasteiger partial charge < -0.3 is 10.9 Å². The van der Waals surface area contributed by atoms with Gasteiger partial charge in [0.05, 0.1) is 17.1 Å². The van der Waals surface area contributed by atoms with Gasteiger partial charge in [-0.1, -0.05) is 47.7 Å². The van der Waals surface area contributed by atoms with Crippen molar-refractivity contribution in [2.45, 2.75) is 52.9 Å². The van der Waals surface area contributed by atoms with Crippen LogP contribution in [0.1, 0.15) is 57.0 Å². The van der Waals surface area contributed by atoms with Crippen molar-refractivity contribution in [2.24, 2.45) is 11.1 Å². The Morgan fingerprint density at radius 3 is 2.63 bits per heavy atom. The maximum Gasteiger partial charge on any atom is 0.220 e. The predicted octanol–water partition coefficient (Wildman–Crippen LogP) is 4.78. The van der Waals surface area contributed by atoms with Crippen molar-refractivity contribution in [3.05, 3.63) is 65.1 Å². The number of aromatic nitrogens is 2. The number of fused-ring (bicyclic) bond motifs is 1. The summed E-state index contributed by atoms with van der Waals surface area (Å²) in [5.74, 6) is 0.472. The molecule has 0 radical (unpaired) electrons. The van der Waals surface area contributed by atoms with Gasteiger partial charge in [-0.05, 0) is 57.9 Å². The van der Waals surface area contributed by atoms with Crippen molar-refractivity contribution in [1.82, 2.24) is 9.97 Å². The van der Waals surface area contributed by atoms with Crippen LogP contribution in [0.3, 0.4) is 0 Å². The quantitative estimate of drug-likeness (QED) is 0.413. The highest BCUT2D eigenvalue weighted by Crippen LogP contribution is 2.32. The first-order valence-electron chi connectivity index (χ1n) is 9.50. The Labute approximate surface area is 162 Å². The molecular formula is C22H30N4O. The summed E-state index contributed by atoms with van der Waals surface area (Å²) in [6, 6.07) is 0. The Morgan fingerprint density at radius 2 is 2.04 bits per heavy atom. The number of hydrogen-bond acceptors (Lipinski definition) is 5. The molecule has 1 aromatic heterocycles. The normalized spacial score (nSPS) is 19.5. The smallest absolute Gasteiger partial charge is 0.220 e. The summed E-state index contributed by atoms with van der Waals surface area (Å²) < 4.78 is 0. The number of nitrogens with zero attached hydrogens (tertiary/aromatic N) is 3. The van der Waals surface area contributed by atoms with Gasteiger partial charge in [-0.25, -0.2) is 9.97 Å². The number of oxime groups is 1. The van der Waals surface area contributed by atoms with Crippen molar-refractivity contribution in [1.29, 1.82) is 0 Å². The minimum atomic E-state index is 0.192. The van der Waals surface area contributed by atoms with Crippen LogP contribution in [0.15, 0.2) is 53.3 Å². The Morgan fingerprint density at radius 1 is 1.26 bits per heavy atom. The molecule has 5 nitrogen and oxygen atoms in total. The van der Waals surface area contributed by atoms with Crippen LogP contribution in [0.2, 0.25) is 0 Å². The van der Waals surface area contributed by atoms with Crippen LogP contribution in [0, 0.1) is 5.92 Å².